The molecule has 0 radical (unpaired) electrons. The standard InChI is InChI=1S/C17H22N3O16P3/c1-10-7-18(17(23)19(16(10)22)8-11-4-2-3-5-12(11)20(24)25)15-6-13(21)14(34-15)9-33-38(29,30)36-39(31,32)35-37(26,27)28/h2-5,7,13-15,21H,6,8-9H2,1H3,(H,29,30)(H,31,32)(H2,26,27,28)/t13-,14-,15-/m1/s1. The van der Waals surface area contributed by atoms with Gasteiger partial charge in [-0.25, -0.2) is 18.5 Å². The van der Waals surface area contributed by atoms with Crippen LogP contribution < -0.4 is 11.2 Å². The number of hydrogen-bond donors (Lipinski definition) is 5. The number of aliphatic hydroxyl groups is 1. The molecule has 1 aromatic heterocycles. The molecule has 2 aromatic rings. The topological polar surface area (TPSA) is 276 Å². The molecule has 2 heterocycles. The van der Waals surface area contributed by atoms with Crippen molar-refractivity contribution in [2.45, 2.75) is 38.3 Å². The highest BCUT2D eigenvalue weighted by atomic mass is 31.3. The van der Waals surface area contributed by atoms with Crippen LogP contribution in [0.2, 0.25) is 0 Å². The number of nitro benzene ring substituents is 1. The maximum absolute atomic E-state index is 13.1. The second-order valence-corrected chi connectivity index (χ2v) is 12.5. The number of ether oxygens (including phenoxy) is 1. The van der Waals surface area contributed by atoms with E-state index in [4.69, 9.17) is 14.5 Å². The molecule has 5 N–H and O–H groups in total. The minimum Gasteiger partial charge on any atom is -0.390 e. The predicted molar refractivity (Wildman–Crippen MR) is 126 cm³/mol. The van der Waals surface area contributed by atoms with Crippen molar-refractivity contribution >= 4 is 29.2 Å². The smallest absolute Gasteiger partial charge is 0.390 e. The molecule has 19 nitrogen and oxygen atoms in total. The zero-order chi connectivity index (χ0) is 29.3. The van der Waals surface area contributed by atoms with Crippen LogP contribution >= 0.6 is 23.5 Å². The lowest BCUT2D eigenvalue weighted by molar-refractivity contribution is -0.385. The summed E-state index contributed by atoms with van der Waals surface area (Å²) in [6.45, 7) is -0.0570. The third-order valence-corrected chi connectivity index (χ3v) is 9.02. The highest BCUT2D eigenvalue weighted by molar-refractivity contribution is 7.66. The van der Waals surface area contributed by atoms with E-state index in [1.807, 2.05) is 0 Å². The fourth-order valence-electron chi connectivity index (χ4n) is 3.60. The number of para-hydroxylation sites is 1. The number of aromatic nitrogens is 2. The Hall–Kier alpha value is -2.37. The molecule has 1 aromatic carbocycles. The number of aliphatic hydroxyl groups excluding tert-OH is 1. The Morgan fingerprint density at radius 3 is 2.36 bits per heavy atom. The average Bonchev–Trinajstić information content (AvgIpc) is 3.15. The number of rotatable bonds is 11. The second-order valence-electron chi connectivity index (χ2n) is 8.10. The van der Waals surface area contributed by atoms with Crippen molar-refractivity contribution < 1.29 is 61.2 Å². The molecular weight excluding hydrogens is 595 g/mol. The van der Waals surface area contributed by atoms with E-state index in [9.17, 15) is 48.3 Å². The lowest BCUT2D eigenvalue weighted by Crippen LogP contribution is -2.42. The van der Waals surface area contributed by atoms with Crippen LogP contribution in [0.25, 0.3) is 0 Å². The van der Waals surface area contributed by atoms with Gasteiger partial charge in [0.1, 0.15) is 12.3 Å². The Balaban J connectivity index is 1.79. The number of phosphoric ester groups is 1. The molecule has 3 rings (SSSR count). The summed E-state index contributed by atoms with van der Waals surface area (Å²) in [7, 11) is -16.8. The molecule has 216 valence electrons. The number of nitrogens with zero attached hydrogens (tertiary/aromatic N) is 3. The van der Waals surface area contributed by atoms with Crippen molar-refractivity contribution in [1.82, 2.24) is 9.13 Å². The van der Waals surface area contributed by atoms with Gasteiger partial charge in [-0.2, -0.15) is 8.62 Å². The normalized spacial score (nSPS) is 22.8. The van der Waals surface area contributed by atoms with Crippen molar-refractivity contribution in [2.75, 3.05) is 6.61 Å². The first-order valence-corrected chi connectivity index (χ1v) is 15.1. The molecule has 1 aliphatic rings. The molecule has 39 heavy (non-hydrogen) atoms. The fourth-order valence-corrected chi connectivity index (χ4v) is 6.63. The highest BCUT2D eigenvalue weighted by Gasteiger charge is 2.43. The number of nitro groups is 1. The van der Waals surface area contributed by atoms with Crippen LogP contribution in [-0.4, -0.2) is 57.6 Å². The minimum atomic E-state index is -5.76. The Kier molecular flexibility index (Phi) is 9.29. The van der Waals surface area contributed by atoms with Gasteiger partial charge in [-0.3, -0.25) is 28.6 Å². The largest absolute Gasteiger partial charge is 0.490 e. The summed E-state index contributed by atoms with van der Waals surface area (Å²) in [6.07, 6.45) is -3.29. The number of hydrogen-bond acceptors (Lipinski definition) is 12. The van der Waals surface area contributed by atoms with E-state index >= 15 is 0 Å². The van der Waals surface area contributed by atoms with Crippen LogP contribution in [0.1, 0.15) is 23.8 Å². The lowest BCUT2D eigenvalue weighted by atomic mass is 10.1. The molecule has 0 amide bonds. The lowest BCUT2D eigenvalue weighted by Gasteiger charge is -2.20. The molecule has 22 heteroatoms. The van der Waals surface area contributed by atoms with Gasteiger partial charge in [0.05, 0.1) is 24.2 Å². The highest BCUT2D eigenvalue weighted by Crippen LogP contribution is 2.66. The molecule has 2 unspecified atom stereocenters. The molecule has 0 aliphatic carbocycles. The van der Waals surface area contributed by atoms with Crippen LogP contribution in [0.5, 0.6) is 0 Å². The first kappa shape index (κ1) is 31.2. The quantitative estimate of drug-likeness (QED) is 0.128. The summed E-state index contributed by atoms with van der Waals surface area (Å²) < 4.78 is 52.9. The van der Waals surface area contributed by atoms with Crippen LogP contribution in [0.4, 0.5) is 5.69 Å². The molecule has 1 aliphatic heterocycles. The number of aryl methyl sites for hydroxylation is 1. The van der Waals surface area contributed by atoms with E-state index in [2.05, 4.69) is 13.1 Å². The zero-order valence-electron chi connectivity index (χ0n) is 19.7. The monoisotopic (exact) mass is 617 g/mol. The molecule has 0 spiro atoms. The molecule has 1 saturated heterocycles. The Morgan fingerprint density at radius 2 is 1.74 bits per heavy atom. The van der Waals surface area contributed by atoms with Gasteiger partial charge in [-0.05, 0) is 6.92 Å². The van der Waals surface area contributed by atoms with Crippen molar-refractivity contribution in [3.8, 4) is 0 Å². The summed E-state index contributed by atoms with van der Waals surface area (Å²) >= 11 is 0. The predicted octanol–water partition coefficient (Wildman–Crippen LogP) is 0.267. The third-order valence-electron chi connectivity index (χ3n) is 5.22. The summed E-state index contributed by atoms with van der Waals surface area (Å²) in [5.74, 6) is 0. The van der Waals surface area contributed by atoms with Crippen LogP contribution in [0, 0.1) is 17.0 Å². The molecule has 1 fully saturated rings. The van der Waals surface area contributed by atoms with E-state index in [1.165, 1.54) is 31.2 Å². The maximum atomic E-state index is 13.1. The molecule has 0 saturated carbocycles. The summed E-state index contributed by atoms with van der Waals surface area (Å²) in [5, 5.41) is 21.6. The zero-order valence-corrected chi connectivity index (χ0v) is 22.3. The van der Waals surface area contributed by atoms with E-state index in [0.29, 0.717) is 0 Å². The van der Waals surface area contributed by atoms with Crippen molar-refractivity contribution in [3.05, 3.63) is 72.5 Å². The van der Waals surface area contributed by atoms with Crippen LogP contribution in [0.15, 0.2) is 40.1 Å². The van der Waals surface area contributed by atoms with Crippen LogP contribution in [0.3, 0.4) is 0 Å². The van der Waals surface area contributed by atoms with Crippen LogP contribution in [-0.2, 0) is 38.1 Å². The Bertz CT molecular complexity index is 1520. The van der Waals surface area contributed by atoms with E-state index < -0.39 is 71.2 Å². The van der Waals surface area contributed by atoms with Gasteiger partial charge in [-0.1, -0.05) is 18.2 Å². The number of phosphoric acid groups is 3. The molecule has 5 atom stereocenters. The van der Waals surface area contributed by atoms with E-state index in [-0.39, 0.29) is 23.2 Å². The third kappa shape index (κ3) is 8.08. The average molecular weight is 617 g/mol. The molecular formula is C17H22N3O16P3. The van der Waals surface area contributed by atoms with Gasteiger partial charge in [0, 0.05) is 29.8 Å². The van der Waals surface area contributed by atoms with Gasteiger partial charge < -0.3 is 29.4 Å². The minimum absolute atomic E-state index is 0.0444. The first-order chi connectivity index (χ1) is 17.9. The summed E-state index contributed by atoms with van der Waals surface area (Å²) in [5.41, 5.74) is -1.90. The van der Waals surface area contributed by atoms with Gasteiger partial charge in [0.2, 0.25) is 0 Å². The second kappa shape index (κ2) is 11.6. The maximum Gasteiger partial charge on any atom is 0.490 e. The van der Waals surface area contributed by atoms with E-state index in [1.54, 1.807) is 0 Å². The van der Waals surface area contributed by atoms with Gasteiger partial charge >= 0.3 is 29.2 Å². The Morgan fingerprint density at radius 1 is 1.10 bits per heavy atom. The van der Waals surface area contributed by atoms with E-state index in [0.717, 1.165) is 15.3 Å². The van der Waals surface area contributed by atoms with Crippen molar-refractivity contribution in [1.29, 1.82) is 0 Å². The Labute approximate surface area is 217 Å². The van der Waals surface area contributed by atoms with Gasteiger partial charge in [-0.15, -0.1) is 0 Å². The first-order valence-electron chi connectivity index (χ1n) is 10.6. The fraction of sp³-hybridized carbons (Fsp3) is 0.412. The molecule has 0 bridgehead atoms. The number of benzene rings is 1. The van der Waals surface area contributed by atoms with Crippen molar-refractivity contribution in [3.63, 3.8) is 0 Å². The summed E-state index contributed by atoms with van der Waals surface area (Å²) in [4.78, 5) is 72.4. The van der Waals surface area contributed by atoms with Gasteiger partial charge in [0.25, 0.3) is 11.2 Å². The van der Waals surface area contributed by atoms with Crippen molar-refractivity contribution in [2.24, 2.45) is 0 Å². The van der Waals surface area contributed by atoms with Gasteiger partial charge in [0.15, 0.2) is 0 Å². The summed E-state index contributed by atoms with van der Waals surface area (Å²) in [6, 6.07) is 5.47. The SMILES string of the molecule is Cc1cn([C@H]2C[C@@H](O)[C@@H](COP(=O)(O)OP(=O)(O)OP(=O)(O)O)O2)c(=O)n(Cc2ccccc2[N+](=O)[O-])c1=O.